The summed E-state index contributed by atoms with van der Waals surface area (Å²) in [6, 6.07) is 8.68. The van der Waals surface area contributed by atoms with Crippen LogP contribution in [0.2, 0.25) is 0 Å². The van der Waals surface area contributed by atoms with Gasteiger partial charge in [-0.1, -0.05) is 18.6 Å². The Hall–Kier alpha value is -1.59. The van der Waals surface area contributed by atoms with E-state index in [1.165, 1.54) is 45.2 Å². The van der Waals surface area contributed by atoms with Crippen LogP contribution < -0.4 is 10.1 Å². The van der Waals surface area contributed by atoms with Crippen LogP contribution in [0.25, 0.3) is 0 Å². The van der Waals surface area contributed by atoms with Crippen molar-refractivity contribution in [2.45, 2.75) is 56.4 Å². The lowest BCUT2D eigenvalue weighted by atomic mass is 9.73. The fourth-order valence-corrected chi connectivity index (χ4v) is 5.49. The Morgan fingerprint density at radius 1 is 1.14 bits per heavy atom. The molecule has 1 aromatic carbocycles. The standard InChI is InChI=1S/C23H34N2O3/c1-27-20-9-7-19(8-10-20)23(11-15-28-16-12-23)22(26)24-17-18-5-4-14-25-13-3-2-6-21(18)25/h7-10,18,21H,2-6,11-17H2,1H3,(H,24,26). The van der Waals surface area contributed by atoms with E-state index in [9.17, 15) is 4.79 Å². The molecule has 0 aliphatic carbocycles. The lowest BCUT2D eigenvalue weighted by Gasteiger charge is -2.45. The molecule has 154 valence electrons. The van der Waals surface area contributed by atoms with Gasteiger partial charge >= 0.3 is 0 Å². The van der Waals surface area contributed by atoms with Crippen LogP contribution in [-0.4, -0.2) is 56.8 Å². The highest BCUT2D eigenvalue weighted by molar-refractivity contribution is 5.88. The molecule has 0 radical (unpaired) electrons. The Morgan fingerprint density at radius 2 is 1.89 bits per heavy atom. The van der Waals surface area contributed by atoms with Gasteiger partial charge in [-0.05, 0) is 75.2 Å². The normalized spacial score (nSPS) is 27.6. The van der Waals surface area contributed by atoms with E-state index >= 15 is 0 Å². The number of piperidine rings is 2. The van der Waals surface area contributed by atoms with Crippen molar-refractivity contribution in [3.8, 4) is 5.75 Å². The number of methoxy groups -OCH3 is 1. The monoisotopic (exact) mass is 386 g/mol. The van der Waals surface area contributed by atoms with Crippen LogP contribution in [0.4, 0.5) is 0 Å². The topological polar surface area (TPSA) is 50.8 Å². The van der Waals surface area contributed by atoms with E-state index in [2.05, 4.69) is 10.2 Å². The van der Waals surface area contributed by atoms with Gasteiger partial charge in [0.15, 0.2) is 0 Å². The minimum atomic E-state index is -0.481. The highest BCUT2D eigenvalue weighted by atomic mass is 16.5. The highest BCUT2D eigenvalue weighted by Crippen LogP contribution is 2.36. The number of ether oxygens (including phenoxy) is 2. The summed E-state index contributed by atoms with van der Waals surface area (Å²) in [7, 11) is 1.67. The fraction of sp³-hybridized carbons (Fsp3) is 0.696. The number of amides is 1. The molecule has 5 heteroatoms. The Balaban J connectivity index is 1.46. The molecule has 1 aromatic rings. The third-order valence-electron chi connectivity index (χ3n) is 7.18. The predicted octanol–water partition coefficient (Wildman–Crippen LogP) is 3.12. The van der Waals surface area contributed by atoms with E-state index in [1.54, 1.807) is 7.11 Å². The van der Waals surface area contributed by atoms with Crippen LogP contribution in [0.5, 0.6) is 5.75 Å². The minimum absolute atomic E-state index is 0.175. The van der Waals surface area contributed by atoms with E-state index in [0.717, 1.165) is 30.7 Å². The number of fused-ring (bicyclic) bond motifs is 1. The van der Waals surface area contributed by atoms with E-state index in [4.69, 9.17) is 9.47 Å². The third kappa shape index (κ3) is 3.92. The number of nitrogens with zero attached hydrogens (tertiary/aromatic N) is 1. The van der Waals surface area contributed by atoms with Gasteiger partial charge in [-0.15, -0.1) is 0 Å². The zero-order valence-corrected chi connectivity index (χ0v) is 17.1. The Labute approximate surface area is 168 Å². The summed E-state index contributed by atoms with van der Waals surface area (Å²) < 4.78 is 10.9. The van der Waals surface area contributed by atoms with E-state index in [1.807, 2.05) is 24.3 Å². The Morgan fingerprint density at radius 3 is 2.64 bits per heavy atom. The molecule has 1 amide bonds. The van der Waals surface area contributed by atoms with Crippen LogP contribution in [0.1, 0.15) is 50.5 Å². The molecule has 3 heterocycles. The molecule has 0 aromatic heterocycles. The molecule has 1 N–H and O–H groups in total. The first-order valence-corrected chi connectivity index (χ1v) is 11.0. The molecule has 3 aliphatic rings. The van der Waals surface area contributed by atoms with Gasteiger partial charge in [0, 0.05) is 25.8 Å². The minimum Gasteiger partial charge on any atom is -0.497 e. The number of carbonyl (C=O) groups excluding carboxylic acids is 1. The second kappa shape index (κ2) is 8.83. The molecule has 2 atom stereocenters. The molecular formula is C23H34N2O3. The summed E-state index contributed by atoms with van der Waals surface area (Å²) in [6.45, 7) is 4.56. The molecule has 0 spiro atoms. The Bertz CT molecular complexity index is 652. The van der Waals surface area contributed by atoms with Crippen molar-refractivity contribution in [1.29, 1.82) is 0 Å². The summed E-state index contributed by atoms with van der Waals surface area (Å²) in [5.41, 5.74) is 0.600. The van der Waals surface area contributed by atoms with Crippen LogP contribution in [0.15, 0.2) is 24.3 Å². The maximum atomic E-state index is 13.5. The van der Waals surface area contributed by atoms with Crippen LogP contribution in [0.3, 0.4) is 0 Å². The molecule has 2 unspecified atom stereocenters. The van der Waals surface area contributed by atoms with Crippen molar-refractivity contribution in [1.82, 2.24) is 10.2 Å². The van der Waals surface area contributed by atoms with Crippen molar-refractivity contribution >= 4 is 5.91 Å². The first-order chi connectivity index (χ1) is 13.7. The molecular weight excluding hydrogens is 352 g/mol. The van der Waals surface area contributed by atoms with E-state index in [-0.39, 0.29) is 5.91 Å². The molecule has 0 saturated carbocycles. The van der Waals surface area contributed by atoms with Gasteiger partial charge in [0.1, 0.15) is 5.75 Å². The maximum absolute atomic E-state index is 13.5. The summed E-state index contributed by atoms with van der Waals surface area (Å²) >= 11 is 0. The van der Waals surface area contributed by atoms with Crippen molar-refractivity contribution in [2.75, 3.05) is 40.0 Å². The predicted molar refractivity (Wildman–Crippen MR) is 110 cm³/mol. The third-order valence-corrected chi connectivity index (χ3v) is 7.18. The summed E-state index contributed by atoms with van der Waals surface area (Å²) in [4.78, 5) is 16.1. The number of hydrogen-bond donors (Lipinski definition) is 1. The SMILES string of the molecule is COc1ccc(C2(C(=O)NCC3CCCN4CCCCC34)CCOCC2)cc1. The van der Waals surface area contributed by atoms with Crippen LogP contribution >= 0.6 is 0 Å². The van der Waals surface area contributed by atoms with E-state index < -0.39 is 5.41 Å². The molecule has 5 nitrogen and oxygen atoms in total. The Kier molecular flexibility index (Phi) is 6.22. The fourth-order valence-electron chi connectivity index (χ4n) is 5.49. The summed E-state index contributed by atoms with van der Waals surface area (Å²) in [6.07, 6.45) is 7.93. The van der Waals surface area contributed by atoms with Gasteiger partial charge < -0.3 is 19.7 Å². The quantitative estimate of drug-likeness (QED) is 0.845. The largest absolute Gasteiger partial charge is 0.497 e. The molecule has 3 fully saturated rings. The van der Waals surface area contributed by atoms with Gasteiger partial charge in [0.05, 0.1) is 12.5 Å². The lowest BCUT2D eigenvalue weighted by Crippen LogP contribution is -2.53. The maximum Gasteiger partial charge on any atom is 0.230 e. The second-order valence-electron chi connectivity index (χ2n) is 8.63. The van der Waals surface area contributed by atoms with Crippen LogP contribution in [-0.2, 0) is 14.9 Å². The van der Waals surface area contributed by atoms with E-state index in [0.29, 0.717) is 25.2 Å². The average molecular weight is 387 g/mol. The van der Waals surface area contributed by atoms with Gasteiger partial charge in [-0.2, -0.15) is 0 Å². The number of carbonyl (C=O) groups is 1. The number of hydrogen-bond acceptors (Lipinski definition) is 4. The van der Waals surface area contributed by atoms with Gasteiger partial charge in [0.25, 0.3) is 0 Å². The number of benzene rings is 1. The summed E-state index contributed by atoms with van der Waals surface area (Å²) in [5.74, 6) is 1.59. The molecule has 3 aliphatic heterocycles. The average Bonchev–Trinajstić information content (AvgIpc) is 2.78. The molecule has 0 bridgehead atoms. The van der Waals surface area contributed by atoms with Gasteiger partial charge in [-0.3, -0.25) is 4.79 Å². The second-order valence-corrected chi connectivity index (χ2v) is 8.63. The van der Waals surface area contributed by atoms with Crippen molar-refractivity contribution in [3.63, 3.8) is 0 Å². The number of nitrogens with one attached hydrogen (secondary N) is 1. The molecule has 28 heavy (non-hydrogen) atoms. The van der Waals surface area contributed by atoms with Gasteiger partial charge in [0.2, 0.25) is 5.91 Å². The molecule has 4 rings (SSSR count). The van der Waals surface area contributed by atoms with Crippen LogP contribution in [0, 0.1) is 5.92 Å². The van der Waals surface area contributed by atoms with Crippen molar-refractivity contribution < 1.29 is 14.3 Å². The van der Waals surface area contributed by atoms with Gasteiger partial charge in [-0.25, -0.2) is 0 Å². The van der Waals surface area contributed by atoms with Crippen molar-refractivity contribution in [2.24, 2.45) is 5.92 Å². The summed E-state index contributed by atoms with van der Waals surface area (Å²) in [5, 5.41) is 3.37. The lowest BCUT2D eigenvalue weighted by molar-refractivity contribution is -0.131. The highest BCUT2D eigenvalue weighted by Gasteiger charge is 2.42. The first kappa shape index (κ1) is 19.7. The first-order valence-electron chi connectivity index (χ1n) is 11.0. The zero-order chi connectivity index (χ0) is 19.4. The van der Waals surface area contributed by atoms with Crippen molar-refractivity contribution in [3.05, 3.63) is 29.8 Å². The molecule has 3 saturated heterocycles. The number of rotatable bonds is 5. The zero-order valence-electron chi connectivity index (χ0n) is 17.1. The smallest absolute Gasteiger partial charge is 0.230 e.